The number of benzene rings is 2. The van der Waals surface area contributed by atoms with Crippen molar-refractivity contribution in [1.29, 1.82) is 0 Å². The molecule has 3 N–H and O–H groups in total. The average molecular weight is 524 g/mol. The number of hydrogen-bond acceptors (Lipinski definition) is 4. The Morgan fingerprint density at radius 1 is 1.08 bits per heavy atom. The molecule has 8 nitrogen and oxygen atoms in total. The summed E-state index contributed by atoms with van der Waals surface area (Å²) in [7, 11) is 1.79. The molecule has 2 amide bonds. The van der Waals surface area contributed by atoms with Gasteiger partial charge >= 0.3 is 6.03 Å². The predicted molar refractivity (Wildman–Crippen MR) is 139 cm³/mol. The Morgan fingerprint density at radius 3 is 2.58 bits per heavy atom. The number of aryl methyl sites for hydroxylation is 1. The van der Waals surface area contributed by atoms with E-state index in [0.29, 0.717) is 32.7 Å². The Hall–Kier alpha value is -3.75. The zero-order chi connectivity index (χ0) is 25.4. The van der Waals surface area contributed by atoms with E-state index < -0.39 is 0 Å². The fourth-order valence-corrected chi connectivity index (χ4v) is 4.29. The lowest BCUT2D eigenvalue weighted by Gasteiger charge is -2.09. The zero-order valence-corrected chi connectivity index (χ0v) is 20.8. The van der Waals surface area contributed by atoms with Crippen LogP contribution in [0.1, 0.15) is 40.5 Å². The summed E-state index contributed by atoms with van der Waals surface area (Å²) in [5.74, 6) is -0.0514. The highest BCUT2D eigenvalue weighted by molar-refractivity contribution is 6.42. The van der Waals surface area contributed by atoms with E-state index in [4.69, 9.17) is 23.2 Å². The molecule has 0 aliphatic heterocycles. The van der Waals surface area contributed by atoms with Crippen LogP contribution in [-0.4, -0.2) is 31.4 Å². The summed E-state index contributed by atoms with van der Waals surface area (Å²) in [6.07, 6.45) is 3.71. The largest absolute Gasteiger partial charge is 0.507 e. The van der Waals surface area contributed by atoms with Crippen molar-refractivity contribution in [2.24, 2.45) is 7.05 Å². The van der Waals surface area contributed by atoms with Crippen LogP contribution in [0.4, 0.5) is 10.5 Å². The van der Waals surface area contributed by atoms with Gasteiger partial charge in [0.1, 0.15) is 11.4 Å². The highest BCUT2D eigenvalue weighted by Gasteiger charge is 2.31. The van der Waals surface area contributed by atoms with Gasteiger partial charge in [0.05, 0.1) is 21.4 Å². The van der Waals surface area contributed by atoms with Crippen molar-refractivity contribution in [3.8, 4) is 17.0 Å². The van der Waals surface area contributed by atoms with Gasteiger partial charge in [-0.05, 0) is 66.9 Å². The van der Waals surface area contributed by atoms with Crippen molar-refractivity contribution >= 4 is 40.8 Å². The van der Waals surface area contributed by atoms with E-state index in [-0.39, 0.29) is 30.2 Å². The van der Waals surface area contributed by atoms with Crippen LogP contribution < -0.4 is 10.6 Å². The molecule has 0 unspecified atom stereocenters. The van der Waals surface area contributed by atoms with Crippen molar-refractivity contribution in [1.82, 2.24) is 19.7 Å². The minimum atomic E-state index is -0.387. The number of aromatic hydroxyl groups is 1. The Kier molecular flexibility index (Phi) is 6.47. The number of hydrogen-bond donors (Lipinski definition) is 3. The third kappa shape index (κ3) is 4.96. The molecule has 4 aromatic rings. The normalized spacial score (nSPS) is 13.0. The van der Waals surface area contributed by atoms with Gasteiger partial charge in [0.25, 0.3) is 5.91 Å². The number of anilines is 1. The zero-order valence-electron chi connectivity index (χ0n) is 19.3. The van der Waals surface area contributed by atoms with E-state index in [1.54, 1.807) is 60.3 Å². The molecule has 2 heterocycles. The number of phenols is 1. The van der Waals surface area contributed by atoms with Crippen molar-refractivity contribution in [3.05, 3.63) is 87.8 Å². The third-order valence-corrected chi connectivity index (χ3v) is 6.80. The number of halogens is 2. The first-order chi connectivity index (χ1) is 17.3. The van der Waals surface area contributed by atoms with E-state index >= 15 is 0 Å². The van der Waals surface area contributed by atoms with E-state index in [1.165, 1.54) is 10.7 Å². The number of rotatable bonds is 6. The summed E-state index contributed by atoms with van der Waals surface area (Å²) in [5, 5.41) is 21.6. The number of carbonyl (C=O) groups is 2. The summed E-state index contributed by atoms with van der Waals surface area (Å²) in [6, 6.07) is 14.9. The first-order valence-electron chi connectivity index (χ1n) is 11.4. The number of phenolic OH excluding ortho intramolecular Hbond substituents is 1. The monoisotopic (exact) mass is 523 g/mol. The lowest BCUT2D eigenvalue weighted by molar-refractivity contribution is 0.101. The minimum absolute atomic E-state index is 0.00456. The summed E-state index contributed by atoms with van der Waals surface area (Å²) < 4.78 is 3.07. The Morgan fingerprint density at radius 2 is 1.89 bits per heavy atom. The second-order valence-corrected chi connectivity index (χ2v) is 9.55. The number of nitrogens with one attached hydrogen (secondary N) is 2. The topological polar surface area (TPSA) is 101 Å². The molecule has 1 aliphatic carbocycles. The average Bonchev–Trinajstić information content (AvgIpc) is 3.46. The van der Waals surface area contributed by atoms with Crippen LogP contribution in [0.2, 0.25) is 10.0 Å². The highest BCUT2D eigenvalue weighted by Crippen LogP contribution is 2.42. The standard InChI is InChI=1S/C26H23Cl2N5O3/c1-32-10-2-3-22(32)25(35)30-17-7-9-24(34)18(12-17)21-13-23(16-5-6-16)33(31-21)26(36)29-14-15-4-8-19(27)20(28)11-15/h2-4,7-13,16,34H,5-6,14H2,1H3,(H,29,36)(H,30,35). The van der Waals surface area contributed by atoms with Gasteiger partial charge < -0.3 is 20.3 Å². The number of aromatic nitrogens is 3. The summed E-state index contributed by atoms with van der Waals surface area (Å²) in [5.41, 5.74) is 3.43. The fraction of sp³-hybridized carbons (Fsp3) is 0.192. The van der Waals surface area contributed by atoms with Gasteiger partial charge in [-0.2, -0.15) is 9.78 Å². The predicted octanol–water partition coefficient (Wildman–Crippen LogP) is 5.79. The van der Waals surface area contributed by atoms with Gasteiger partial charge in [-0.1, -0.05) is 29.3 Å². The molecule has 0 spiro atoms. The SMILES string of the molecule is Cn1cccc1C(=O)Nc1ccc(O)c(-c2cc(C3CC3)n(C(=O)NCc3ccc(Cl)c(Cl)c3)n2)c1. The minimum Gasteiger partial charge on any atom is -0.507 e. The van der Waals surface area contributed by atoms with Crippen LogP contribution in [0.15, 0.2) is 60.8 Å². The van der Waals surface area contributed by atoms with Gasteiger partial charge in [0.2, 0.25) is 0 Å². The molecular weight excluding hydrogens is 501 g/mol. The number of carbonyl (C=O) groups excluding carboxylic acids is 2. The summed E-state index contributed by atoms with van der Waals surface area (Å²) in [4.78, 5) is 25.7. The van der Waals surface area contributed by atoms with Crippen LogP contribution >= 0.6 is 23.2 Å². The molecule has 0 atom stereocenters. The van der Waals surface area contributed by atoms with Crippen LogP contribution in [0.5, 0.6) is 5.75 Å². The number of nitrogens with zero attached hydrogens (tertiary/aromatic N) is 3. The van der Waals surface area contributed by atoms with Crippen LogP contribution in [0.25, 0.3) is 11.3 Å². The first kappa shape index (κ1) is 24.0. The van der Waals surface area contributed by atoms with Crippen LogP contribution in [0, 0.1) is 0 Å². The molecule has 1 fully saturated rings. The van der Waals surface area contributed by atoms with Crippen molar-refractivity contribution < 1.29 is 14.7 Å². The molecule has 10 heteroatoms. The van der Waals surface area contributed by atoms with E-state index in [1.807, 2.05) is 6.07 Å². The Bertz CT molecular complexity index is 1470. The van der Waals surface area contributed by atoms with E-state index in [9.17, 15) is 14.7 Å². The van der Waals surface area contributed by atoms with E-state index in [0.717, 1.165) is 24.1 Å². The number of amides is 2. The fourth-order valence-electron chi connectivity index (χ4n) is 3.97. The molecule has 184 valence electrons. The van der Waals surface area contributed by atoms with Gasteiger partial charge in [0.15, 0.2) is 0 Å². The van der Waals surface area contributed by atoms with Gasteiger partial charge in [-0.15, -0.1) is 0 Å². The lowest BCUT2D eigenvalue weighted by atomic mass is 10.1. The summed E-state index contributed by atoms with van der Waals surface area (Å²) >= 11 is 12.0. The van der Waals surface area contributed by atoms with E-state index in [2.05, 4.69) is 15.7 Å². The molecular formula is C26H23Cl2N5O3. The maximum absolute atomic E-state index is 13.0. The molecule has 2 aromatic heterocycles. The third-order valence-electron chi connectivity index (χ3n) is 6.06. The van der Waals surface area contributed by atoms with Crippen molar-refractivity contribution in [2.75, 3.05) is 5.32 Å². The smallest absolute Gasteiger partial charge is 0.342 e. The molecule has 1 aliphatic rings. The molecule has 1 saturated carbocycles. The van der Waals surface area contributed by atoms with Crippen molar-refractivity contribution in [3.63, 3.8) is 0 Å². The van der Waals surface area contributed by atoms with Crippen LogP contribution in [-0.2, 0) is 13.6 Å². The van der Waals surface area contributed by atoms with Gasteiger partial charge in [-0.25, -0.2) is 4.79 Å². The van der Waals surface area contributed by atoms with Crippen molar-refractivity contribution in [2.45, 2.75) is 25.3 Å². The molecule has 36 heavy (non-hydrogen) atoms. The molecule has 2 aromatic carbocycles. The summed E-state index contributed by atoms with van der Waals surface area (Å²) in [6.45, 7) is 0.251. The molecule has 5 rings (SSSR count). The highest BCUT2D eigenvalue weighted by atomic mass is 35.5. The lowest BCUT2D eigenvalue weighted by Crippen LogP contribution is -2.30. The molecule has 0 radical (unpaired) electrons. The van der Waals surface area contributed by atoms with Gasteiger partial charge in [0, 0.05) is 37.0 Å². The molecule has 0 bridgehead atoms. The maximum Gasteiger partial charge on any atom is 0.342 e. The maximum atomic E-state index is 13.0. The first-order valence-corrected chi connectivity index (χ1v) is 12.1. The quantitative estimate of drug-likeness (QED) is 0.278. The van der Waals surface area contributed by atoms with Gasteiger partial charge in [-0.3, -0.25) is 4.79 Å². The molecule has 0 saturated heterocycles. The second-order valence-electron chi connectivity index (χ2n) is 8.74. The Balaban J connectivity index is 1.39. The second kappa shape index (κ2) is 9.72. The van der Waals surface area contributed by atoms with Crippen LogP contribution in [0.3, 0.4) is 0 Å². The Labute approximate surface area is 217 Å².